The highest BCUT2D eigenvalue weighted by molar-refractivity contribution is 7.84. The van der Waals surface area contributed by atoms with E-state index in [1.165, 1.54) is 12.1 Å². The van der Waals surface area contributed by atoms with Crippen molar-refractivity contribution in [2.24, 2.45) is 11.7 Å². The van der Waals surface area contributed by atoms with E-state index in [9.17, 15) is 8.60 Å². The second kappa shape index (κ2) is 6.26. The van der Waals surface area contributed by atoms with Crippen LogP contribution in [-0.2, 0) is 23.1 Å². The van der Waals surface area contributed by atoms with Crippen molar-refractivity contribution < 1.29 is 8.60 Å². The summed E-state index contributed by atoms with van der Waals surface area (Å²) < 4.78 is 25.3. The lowest BCUT2D eigenvalue weighted by atomic mass is 10.1. The van der Waals surface area contributed by atoms with E-state index in [4.69, 9.17) is 5.73 Å². The van der Waals surface area contributed by atoms with Crippen LogP contribution in [0.25, 0.3) is 0 Å². The maximum absolute atomic E-state index is 13.3. The molecule has 96 valence electrons. The van der Waals surface area contributed by atoms with E-state index in [0.717, 1.165) is 11.1 Å². The lowest BCUT2D eigenvalue weighted by Crippen LogP contribution is -2.19. The molecule has 0 aliphatic carbocycles. The van der Waals surface area contributed by atoms with Crippen LogP contribution in [0, 0.1) is 11.7 Å². The van der Waals surface area contributed by atoms with Gasteiger partial charge in [-0.05, 0) is 29.2 Å². The molecule has 0 radical (unpaired) electrons. The van der Waals surface area contributed by atoms with Gasteiger partial charge in [0.05, 0.1) is 0 Å². The highest BCUT2D eigenvalue weighted by atomic mass is 32.2. The van der Waals surface area contributed by atoms with Crippen molar-refractivity contribution >= 4 is 10.8 Å². The molecular weight excluding hydrogens is 237 g/mol. The molecule has 4 heteroatoms. The molecule has 2 N–H and O–H groups in total. The minimum atomic E-state index is -0.972. The quantitative estimate of drug-likeness (QED) is 0.881. The van der Waals surface area contributed by atoms with Crippen molar-refractivity contribution in [3.8, 4) is 0 Å². The zero-order valence-electron chi connectivity index (χ0n) is 10.6. The first-order valence-corrected chi connectivity index (χ1v) is 7.17. The Balaban J connectivity index is 2.81. The minimum Gasteiger partial charge on any atom is -0.326 e. The molecule has 0 saturated carbocycles. The first-order chi connectivity index (χ1) is 7.93. The summed E-state index contributed by atoms with van der Waals surface area (Å²) in [4.78, 5) is 0. The summed E-state index contributed by atoms with van der Waals surface area (Å²) in [5, 5.41) is 0.111. The molecule has 0 heterocycles. The van der Waals surface area contributed by atoms with Gasteiger partial charge in [-0.25, -0.2) is 4.39 Å². The van der Waals surface area contributed by atoms with Gasteiger partial charge in [-0.3, -0.25) is 4.21 Å². The van der Waals surface area contributed by atoms with E-state index < -0.39 is 10.8 Å². The van der Waals surface area contributed by atoms with Crippen molar-refractivity contribution in [3.05, 3.63) is 35.1 Å². The molecule has 1 rings (SSSR count). The molecule has 0 aromatic heterocycles. The third kappa shape index (κ3) is 4.21. The van der Waals surface area contributed by atoms with Crippen LogP contribution in [0.1, 0.15) is 31.9 Å². The van der Waals surface area contributed by atoms with Gasteiger partial charge < -0.3 is 5.73 Å². The van der Waals surface area contributed by atoms with E-state index in [2.05, 4.69) is 0 Å². The van der Waals surface area contributed by atoms with Gasteiger partial charge in [0.1, 0.15) is 5.82 Å². The second-order valence-corrected chi connectivity index (χ2v) is 6.44. The van der Waals surface area contributed by atoms with Gasteiger partial charge >= 0.3 is 0 Å². The van der Waals surface area contributed by atoms with Gasteiger partial charge in [0, 0.05) is 28.3 Å². The summed E-state index contributed by atoms with van der Waals surface area (Å²) in [7, 11) is -0.972. The van der Waals surface area contributed by atoms with Gasteiger partial charge in [0.2, 0.25) is 0 Å². The van der Waals surface area contributed by atoms with Crippen LogP contribution in [-0.4, -0.2) is 9.46 Å². The van der Waals surface area contributed by atoms with E-state index in [1.807, 2.05) is 26.8 Å². The van der Waals surface area contributed by atoms with Crippen LogP contribution in [0.5, 0.6) is 0 Å². The fourth-order valence-electron chi connectivity index (χ4n) is 1.52. The molecule has 0 aliphatic rings. The monoisotopic (exact) mass is 257 g/mol. The van der Waals surface area contributed by atoms with Gasteiger partial charge in [-0.2, -0.15) is 0 Å². The average molecular weight is 257 g/mol. The van der Waals surface area contributed by atoms with Crippen molar-refractivity contribution in [1.82, 2.24) is 0 Å². The molecule has 2 unspecified atom stereocenters. The molecule has 2 atom stereocenters. The van der Waals surface area contributed by atoms with Gasteiger partial charge in [0.25, 0.3) is 0 Å². The smallest absolute Gasteiger partial charge is 0.123 e. The lowest BCUT2D eigenvalue weighted by molar-refractivity contribution is 0.604. The van der Waals surface area contributed by atoms with Crippen molar-refractivity contribution in [2.45, 2.75) is 38.3 Å². The number of rotatable bonds is 5. The molecular formula is C13H20FNOS. The van der Waals surface area contributed by atoms with Crippen LogP contribution in [0.15, 0.2) is 18.2 Å². The number of hydrogen-bond donors (Lipinski definition) is 1. The maximum Gasteiger partial charge on any atom is 0.123 e. The zero-order chi connectivity index (χ0) is 13.0. The molecule has 2 nitrogen and oxygen atoms in total. The minimum absolute atomic E-state index is 0.111. The molecule has 0 amide bonds. The topological polar surface area (TPSA) is 43.1 Å². The Morgan fingerprint density at radius 1 is 1.24 bits per heavy atom. The van der Waals surface area contributed by atoms with Crippen LogP contribution in [0.3, 0.4) is 0 Å². The Labute approximate surface area is 105 Å². The van der Waals surface area contributed by atoms with E-state index in [-0.39, 0.29) is 11.1 Å². The predicted molar refractivity (Wildman–Crippen MR) is 70.4 cm³/mol. The SMILES string of the molecule is CC(C)C(C)S(=O)Cc1cc(F)cc(CN)c1. The Hall–Kier alpha value is -0.740. The van der Waals surface area contributed by atoms with Crippen LogP contribution in [0.2, 0.25) is 0 Å². The Morgan fingerprint density at radius 3 is 2.35 bits per heavy atom. The first-order valence-electron chi connectivity index (χ1n) is 5.79. The Bertz CT molecular complexity index is 406. The number of benzene rings is 1. The number of nitrogens with two attached hydrogens (primary N) is 1. The van der Waals surface area contributed by atoms with Crippen molar-refractivity contribution in [1.29, 1.82) is 0 Å². The first kappa shape index (κ1) is 14.3. The van der Waals surface area contributed by atoms with Crippen molar-refractivity contribution in [2.75, 3.05) is 0 Å². The molecule has 1 aromatic rings. The predicted octanol–water partition coefficient (Wildman–Crippen LogP) is 2.58. The summed E-state index contributed by atoms with van der Waals surface area (Å²) in [5.41, 5.74) is 6.99. The zero-order valence-corrected chi connectivity index (χ0v) is 11.4. The van der Waals surface area contributed by atoms with Crippen LogP contribution in [0.4, 0.5) is 4.39 Å². The van der Waals surface area contributed by atoms with Gasteiger partial charge in [-0.1, -0.05) is 26.8 Å². The highest BCUT2D eigenvalue weighted by Gasteiger charge is 2.15. The maximum atomic E-state index is 13.3. The summed E-state index contributed by atoms with van der Waals surface area (Å²) in [6.07, 6.45) is 0. The molecule has 0 spiro atoms. The number of halogens is 1. The van der Waals surface area contributed by atoms with E-state index in [0.29, 0.717) is 18.2 Å². The Morgan fingerprint density at radius 2 is 1.82 bits per heavy atom. The third-order valence-electron chi connectivity index (χ3n) is 2.92. The standard InChI is InChI=1S/C13H20FNOS/c1-9(2)10(3)17(16)8-12-4-11(7-15)5-13(14)6-12/h4-6,9-10H,7-8,15H2,1-3H3. The lowest BCUT2D eigenvalue weighted by Gasteiger charge is -2.15. The molecule has 17 heavy (non-hydrogen) atoms. The van der Waals surface area contributed by atoms with E-state index >= 15 is 0 Å². The third-order valence-corrected chi connectivity index (χ3v) is 4.91. The highest BCUT2D eigenvalue weighted by Crippen LogP contribution is 2.16. The summed E-state index contributed by atoms with van der Waals surface area (Å²) in [6, 6.07) is 4.68. The molecule has 0 bridgehead atoms. The molecule has 0 fully saturated rings. The fraction of sp³-hybridized carbons (Fsp3) is 0.538. The molecule has 0 aliphatic heterocycles. The van der Waals surface area contributed by atoms with Crippen molar-refractivity contribution in [3.63, 3.8) is 0 Å². The summed E-state index contributed by atoms with van der Waals surface area (Å²) in [6.45, 7) is 6.35. The Kier molecular flexibility index (Phi) is 5.28. The fourth-order valence-corrected chi connectivity index (χ4v) is 2.88. The van der Waals surface area contributed by atoms with Gasteiger partial charge in [0.15, 0.2) is 0 Å². The second-order valence-electron chi connectivity index (χ2n) is 4.65. The van der Waals surface area contributed by atoms with Crippen LogP contribution < -0.4 is 5.73 Å². The molecule has 0 saturated heterocycles. The number of hydrogen-bond acceptors (Lipinski definition) is 2. The largest absolute Gasteiger partial charge is 0.326 e. The normalized spacial score (nSPS) is 14.9. The summed E-state index contributed by atoms with van der Waals surface area (Å²) >= 11 is 0. The molecule has 1 aromatic carbocycles. The summed E-state index contributed by atoms with van der Waals surface area (Å²) in [5.74, 6) is 0.444. The van der Waals surface area contributed by atoms with Crippen LogP contribution >= 0.6 is 0 Å². The average Bonchev–Trinajstić information content (AvgIpc) is 2.26. The van der Waals surface area contributed by atoms with E-state index in [1.54, 1.807) is 0 Å². The van der Waals surface area contributed by atoms with Gasteiger partial charge in [-0.15, -0.1) is 0 Å².